The van der Waals surface area contributed by atoms with Crippen LogP contribution < -0.4 is 9.64 Å². The van der Waals surface area contributed by atoms with Gasteiger partial charge in [0.05, 0.1) is 12.7 Å². The van der Waals surface area contributed by atoms with Gasteiger partial charge in [-0.1, -0.05) is 18.2 Å². The van der Waals surface area contributed by atoms with Crippen molar-refractivity contribution in [2.45, 2.75) is 51.7 Å². The van der Waals surface area contributed by atoms with Crippen LogP contribution in [0.15, 0.2) is 42.5 Å². The summed E-state index contributed by atoms with van der Waals surface area (Å²) in [4.78, 5) is 42.9. The summed E-state index contributed by atoms with van der Waals surface area (Å²) in [6.07, 6.45) is -0.754. The first kappa shape index (κ1) is 27.2. The van der Waals surface area contributed by atoms with Crippen molar-refractivity contribution in [3.8, 4) is 5.75 Å². The molecule has 1 aliphatic rings. The summed E-state index contributed by atoms with van der Waals surface area (Å²) >= 11 is 0. The average molecular weight is 497 g/mol. The highest BCUT2D eigenvalue weighted by Crippen LogP contribution is 2.39. The van der Waals surface area contributed by atoms with E-state index in [0.29, 0.717) is 42.1 Å². The topological polar surface area (TPSA) is 85.4 Å². The van der Waals surface area contributed by atoms with Gasteiger partial charge in [-0.05, 0) is 76.7 Å². The van der Waals surface area contributed by atoms with E-state index < -0.39 is 29.6 Å². The maximum Gasteiger partial charge on any atom is 0.339 e. The maximum absolute atomic E-state index is 14.0. The van der Waals surface area contributed by atoms with E-state index in [1.54, 1.807) is 36.3 Å². The molecule has 0 saturated carbocycles. The zero-order valence-electron chi connectivity index (χ0n) is 22.2. The van der Waals surface area contributed by atoms with Crippen molar-refractivity contribution in [2.75, 3.05) is 39.2 Å². The van der Waals surface area contributed by atoms with Gasteiger partial charge in [-0.15, -0.1) is 0 Å². The molecule has 2 aromatic carbocycles. The second-order valence-electron chi connectivity index (χ2n) is 10.2. The largest absolute Gasteiger partial charge is 0.497 e. The van der Waals surface area contributed by atoms with Gasteiger partial charge in [-0.3, -0.25) is 9.59 Å². The number of benzene rings is 2. The summed E-state index contributed by atoms with van der Waals surface area (Å²) in [5.74, 6) is -1.17. The minimum Gasteiger partial charge on any atom is -0.497 e. The summed E-state index contributed by atoms with van der Waals surface area (Å²) in [5.41, 5.74) is 1.83. The van der Waals surface area contributed by atoms with Crippen LogP contribution in [0.3, 0.4) is 0 Å². The Morgan fingerprint density at radius 1 is 1.08 bits per heavy atom. The van der Waals surface area contributed by atoms with Crippen LogP contribution in [0.25, 0.3) is 0 Å². The van der Waals surface area contributed by atoms with E-state index in [4.69, 9.17) is 14.2 Å². The van der Waals surface area contributed by atoms with E-state index in [0.717, 1.165) is 5.56 Å². The lowest BCUT2D eigenvalue weighted by Crippen LogP contribution is -2.45. The Bertz CT molecular complexity index is 1100. The van der Waals surface area contributed by atoms with Gasteiger partial charge < -0.3 is 24.0 Å². The molecule has 1 amide bonds. The number of ether oxygens (including phenoxy) is 3. The molecule has 2 aromatic rings. The van der Waals surface area contributed by atoms with Crippen molar-refractivity contribution >= 4 is 23.5 Å². The van der Waals surface area contributed by atoms with Crippen molar-refractivity contribution in [1.82, 2.24) is 4.90 Å². The minimum absolute atomic E-state index is 0.305. The van der Waals surface area contributed by atoms with Crippen LogP contribution in [0.4, 0.5) is 5.69 Å². The molecule has 36 heavy (non-hydrogen) atoms. The monoisotopic (exact) mass is 496 g/mol. The zero-order chi connectivity index (χ0) is 26.6. The van der Waals surface area contributed by atoms with Crippen LogP contribution in [-0.4, -0.2) is 68.7 Å². The number of hydrogen-bond acceptors (Lipinski definition) is 7. The zero-order valence-corrected chi connectivity index (χ0v) is 22.2. The van der Waals surface area contributed by atoms with Gasteiger partial charge in [0.1, 0.15) is 11.4 Å². The van der Waals surface area contributed by atoms with Crippen LogP contribution in [0.1, 0.15) is 55.1 Å². The molecule has 8 heteroatoms. The first-order valence-electron chi connectivity index (χ1n) is 12.0. The van der Waals surface area contributed by atoms with E-state index >= 15 is 0 Å². The molecule has 0 N–H and O–H groups in total. The minimum atomic E-state index is -1.06. The number of fused-ring (bicyclic) bond motifs is 1. The molecule has 0 fully saturated rings. The second-order valence-corrected chi connectivity index (χ2v) is 10.2. The number of carbonyl (C=O) groups is 3. The van der Waals surface area contributed by atoms with Crippen molar-refractivity contribution in [3.05, 3.63) is 59.2 Å². The SMILES string of the molecule is COc1ccc(C2Cc3c(C(=O)OC(C)(C)C)cccc3N(CCN(C)C)C(=O)C2OC(C)=O)cc1. The third-order valence-corrected chi connectivity index (χ3v) is 5.97. The first-order chi connectivity index (χ1) is 16.9. The van der Waals surface area contributed by atoms with Gasteiger partial charge in [0.25, 0.3) is 5.91 Å². The number of likely N-dealkylation sites (N-methyl/N-ethyl adjacent to an activating group) is 1. The third kappa shape index (κ3) is 6.43. The Morgan fingerprint density at radius 3 is 2.31 bits per heavy atom. The van der Waals surface area contributed by atoms with Crippen LogP contribution in [-0.2, 0) is 25.5 Å². The Hall–Kier alpha value is -3.39. The highest BCUT2D eigenvalue weighted by molar-refractivity contribution is 6.02. The van der Waals surface area contributed by atoms with Crippen molar-refractivity contribution < 1.29 is 28.6 Å². The Morgan fingerprint density at radius 2 is 1.75 bits per heavy atom. The van der Waals surface area contributed by atoms with Crippen molar-refractivity contribution in [3.63, 3.8) is 0 Å². The van der Waals surface area contributed by atoms with E-state index in [-0.39, 0.29) is 5.91 Å². The Labute approximate surface area is 213 Å². The molecule has 0 spiro atoms. The standard InChI is InChI=1S/C28H36N2O6/c1-18(31)35-25-22(19-11-13-20(34-7)14-12-19)17-23-21(27(33)36-28(2,3)4)9-8-10-24(23)30(26(25)32)16-15-29(5)6/h8-14,22,25H,15-17H2,1-7H3. The second kappa shape index (κ2) is 11.1. The Balaban J connectivity index is 2.20. The fourth-order valence-electron chi connectivity index (χ4n) is 4.32. The molecule has 0 radical (unpaired) electrons. The van der Waals surface area contributed by atoms with Crippen LogP contribution in [0.5, 0.6) is 5.75 Å². The average Bonchev–Trinajstić information content (AvgIpc) is 2.91. The molecule has 0 saturated heterocycles. The lowest BCUT2D eigenvalue weighted by Gasteiger charge is -2.29. The van der Waals surface area contributed by atoms with Crippen molar-refractivity contribution in [2.24, 2.45) is 0 Å². The summed E-state index contributed by atoms with van der Waals surface area (Å²) in [5, 5.41) is 0. The predicted molar refractivity (Wildman–Crippen MR) is 138 cm³/mol. The summed E-state index contributed by atoms with van der Waals surface area (Å²) in [6.45, 7) is 7.70. The molecule has 1 aliphatic heterocycles. The highest BCUT2D eigenvalue weighted by Gasteiger charge is 2.41. The number of anilines is 1. The predicted octanol–water partition coefficient (Wildman–Crippen LogP) is 3.82. The molecule has 194 valence electrons. The molecular formula is C28H36N2O6. The quantitative estimate of drug-likeness (QED) is 0.539. The lowest BCUT2D eigenvalue weighted by atomic mass is 9.86. The molecule has 0 bridgehead atoms. The van der Waals surface area contributed by atoms with Gasteiger partial charge in [0.2, 0.25) is 0 Å². The number of amides is 1. The van der Waals surface area contributed by atoms with Gasteiger partial charge >= 0.3 is 11.9 Å². The molecular weight excluding hydrogens is 460 g/mol. The fourth-order valence-corrected chi connectivity index (χ4v) is 4.32. The molecule has 0 aliphatic carbocycles. The summed E-state index contributed by atoms with van der Waals surface area (Å²) in [6, 6.07) is 12.6. The van der Waals surface area contributed by atoms with E-state index in [1.807, 2.05) is 58.0 Å². The number of rotatable bonds is 7. The highest BCUT2D eigenvalue weighted by atomic mass is 16.6. The first-order valence-corrected chi connectivity index (χ1v) is 12.0. The van der Waals surface area contributed by atoms with Crippen molar-refractivity contribution in [1.29, 1.82) is 0 Å². The molecule has 1 heterocycles. The normalized spacial score (nSPS) is 17.9. The third-order valence-electron chi connectivity index (χ3n) is 5.97. The van der Waals surface area contributed by atoms with Gasteiger partial charge in [0.15, 0.2) is 6.10 Å². The van der Waals surface area contributed by atoms with E-state index in [9.17, 15) is 14.4 Å². The number of hydrogen-bond donors (Lipinski definition) is 0. The van der Waals surface area contributed by atoms with E-state index in [1.165, 1.54) is 6.92 Å². The summed E-state index contributed by atoms with van der Waals surface area (Å²) in [7, 11) is 5.42. The molecule has 0 aromatic heterocycles. The van der Waals surface area contributed by atoms with Crippen LogP contribution in [0, 0.1) is 0 Å². The number of nitrogens with zero attached hydrogens (tertiary/aromatic N) is 2. The van der Waals surface area contributed by atoms with E-state index in [2.05, 4.69) is 0 Å². The Kier molecular flexibility index (Phi) is 8.40. The van der Waals surface area contributed by atoms with Crippen LogP contribution >= 0.6 is 0 Å². The fraction of sp³-hybridized carbons (Fsp3) is 0.464. The van der Waals surface area contributed by atoms with Crippen LogP contribution in [0.2, 0.25) is 0 Å². The number of methoxy groups -OCH3 is 1. The number of esters is 2. The molecule has 2 atom stereocenters. The smallest absolute Gasteiger partial charge is 0.339 e. The molecule has 8 nitrogen and oxygen atoms in total. The van der Waals surface area contributed by atoms with Gasteiger partial charge in [-0.2, -0.15) is 0 Å². The number of carbonyl (C=O) groups excluding carboxylic acids is 3. The maximum atomic E-state index is 14.0. The summed E-state index contributed by atoms with van der Waals surface area (Å²) < 4.78 is 16.7. The molecule has 3 rings (SSSR count). The van der Waals surface area contributed by atoms with Gasteiger partial charge in [0, 0.05) is 31.6 Å². The lowest BCUT2D eigenvalue weighted by molar-refractivity contribution is -0.154. The molecule has 2 unspecified atom stereocenters. The van der Waals surface area contributed by atoms with Gasteiger partial charge in [-0.25, -0.2) is 4.79 Å².